The summed E-state index contributed by atoms with van der Waals surface area (Å²) in [5.74, 6) is 0.736. The highest BCUT2D eigenvalue weighted by Crippen LogP contribution is 2.40. The molecule has 0 aliphatic carbocycles. The molecule has 174 valence electrons. The number of aromatic amines is 1. The molecule has 5 rings (SSSR count). The van der Waals surface area contributed by atoms with E-state index in [-0.39, 0.29) is 0 Å². The van der Waals surface area contributed by atoms with E-state index in [2.05, 4.69) is 32.2 Å². The van der Waals surface area contributed by atoms with Gasteiger partial charge in [0.05, 0.1) is 29.4 Å². The van der Waals surface area contributed by atoms with Crippen molar-refractivity contribution in [2.45, 2.75) is 6.92 Å². The number of ether oxygens (including phenoxy) is 2. The highest BCUT2D eigenvalue weighted by molar-refractivity contribution is 6.02. The van der Waals surface area contributed by atoms with Crippen molar-refractivity contribution >= 4 is 17.0 Å². The minimum Gasteiger partial charge on any atom is -0.489 e. The monoisotopic (exact) mass is 466 g/mol. The zero-order chi connectivity index (χ0) is 24.4. The molecule has 5 aromatic rings. The smallest absolute Gasteiger partial charge is 0.340 e. The number of carbonyl (C=O) groups excluding carboxylic acids is 1. The van der Waals surface area contributed by atoms with E-state index in [1.165, 1.54) is 7.11 Å². The van der Waals surface area contributed by atoms with Crippen LogP contribution in [0.25, 0.3) is 39.2 Å². The van der Waals surface area contributed by atoms with E-state index in [1.807, 2.05) is 54.0 Å². The van der Waals surface area contributed by atoms with Crippen LogP contribution in [0.1, 0.15) is 15.9 Å². The number of tetrazole rings is 1. The molecule has 0 spiro atoms. The molecular formula is C26H22N6O3. The summed E-state index contributed by atoms with van der Waals surface area (Å²) in [6, 6.07) is 17.1. The lowest BCUT2D eigenvalue weighted by atomic mass is 9.95. The van der Waals surface area contributed by atoms with Crippen molar-refractivity contribution in [3.05, 3.63) is 84.7 Å². The van der Waals surface area contributed by atoms with Gasteiger partial charge in [-0.3, -0.25) is 4.57 Å². The van der Waals surface area contributed by atoms with E-state index >= 15 is 0 Å². The SMILES string of the molecule is C=CCOc1c(-c2ccccc2-c2nn[nH]n2)ccc(-n2cnc3cccc(C(=O)OC)c32)c1C. The second-order valence-electron chi connectivity index (χ2n) is 7.75. The number of benzene rings is 3. The first kappa shape index (κ1) is 22.0. The number of methoxy groups -OCH3 is 1. The summed E-state index contributed by atoms with van der Waals surface area (Å²) >= 11 is 0. The van der Waals surface area contributed by atoms with Gasteiger partial charge < -0.3 is 9.47 Å². The average molecular weight is 467 g/mol. The minimum atomic E-state index is -0.427. The molecular weight excluding hydrogens is 444 g/mol. The molecule has 35 heavy (non-hydrogen) atoms. The first-order chi connectivity index (χ1) is 17.1. The van der Waals surface area contributed by atoms with Gasteiger partial charge in [0, 0.05) is 16.7 Å². The summed E-state index contributed by atoms with van der Waals surface area (Å²) in [4.78, 5) is 17.0. The van der Waals surface area contributed by atoms with E-state index in [0.29, 0.717) is 34.8 Å². The fourth-order valence-electron chi connectivity index (χ4n) is 4.20. The molecule has 0 aliphatic heterocycles. The number of fused-ring (bicyclic) bond motifs is 1. The van der Waals surface area contributed by atoms with Crippen LogP contribution in [-0.4, -0.2) is 49.9 Å². The first-order valence-corrected chi connectivity index (χ1v) is 10.9. The Labute approximate surface area is 201 Å². The number of para-hydroxylation sites is 1. The van der Waals surface area contributed by atoms with Crippen LogP contribution in [0.15, 0.2) is 73.6 Å². The first-order valence-electron chi connectivity index (χ1n) is 10.9. The molecule has 0 radical (unpaired) electrons. The van der Waals surface area contributed by atoms with Gasteiger partial charge in [0.1, 0.15) is 18.7 Å². The molecule has 1 N–H and O–H groups in total. The van der Waals surface area contributed by atoms with Gasteiger partial charge in [-0.05, 0) is 42.0 Å². The minimum absolute atomic E-state index is 0.319. The van der Waals surface area contributed by atoms with Crippen LogP contribution >= 0.6 is 0 Å². The number of imidazole rings is 1. The normalized spacial score (nSPS) is 10.9. The number of carbonyl (C=O) groups is 1. The maximum Gasteiger partial charge on any atom is 0.340 e. The van der Waals surface area contributed by atoms with Gasteiger partial charge in [0.15, 0.2) is 0 Å². The quantitative estimate of drug-likeness (QED) is 0.277. The Morgan fingerprint density at radius 1 is 1.09 bits per heavy atom. The Balaban J connectivity index is 1.73. The number of esters is 1. The molecule has 2 heterocycles. The fourth-order valence-corrected chi connectivity index (χ4v) is 4.20. The summed E-state index contributed by atoms with van der Waals surface area (Å²) in [5, 5.41) is 14.5. The largest absolute Gasteiger partial charge is 0.489 e. The molecule has 0 saturated heterocycles. The summed E-state index contributed by atoms with van der Waals surface area (Å²) in [6.07, 6.45) is 3.40. The lowest BCUT2D eigenvalue weighted by molar-refractivity contribution is 0.0602. The van der Waals surface area contributed by atoms with Gasteiger partial charge in [-0.25, -0.2) is 9.78 Å². The molecule has 3 aromatic carbocycles. The van der Waals surface area contributed by atoms with Gasteiger partial charge in [0.2, 0.25) is 5.82 Å². The molecule has 0 unspecified atom stereocenters. The molecule has 0 aliphatic rings. The van der Waals surface area contributed by atoms with Crippen LogP contribution in [0.2, 0.25) is 0 Å². The number of nitrogens with one attached hydrogen (secondary N) is 1. The Morgan fingerprint density at radius 2 is 1.91 bits per heavy atom. The van der Waals surface area contributed by atoms with Gasteiger partial charge >= 0.3 is 5.97 Å². The Morgan fingerprint density at radius 3 is 2.66 bits per heavy atom. The second-order valence-corrected chi connectivity index (χ2v) is 7.75. The highest BCUT2D eigenvalue weighted by Gasteiger charge is 2.21. The van der Waals surface area contributed by atoms with Gasteiger partial charge in [-0.1, -0.05) is 43.0 Å². The lowest BCUT2D eigenvalue weighted by Gasteiger charge is -2.19. The Hall–Kier alpha value is -4.79. The third-order valence-corrected chi connectivity index (χ3v) is 5.76. The number of rotatable bonds is 7. The Bertz CT molecular complexity index is 1540. The maximum absolute atomic E-state index is 12.5. The lowest BCUT2D eigenvalue weighted by Crippen LogP contribution is -2.07. The van der Waals surface area contributed by atoms with Crippen LogP contribution in [0.3, 0.4) is 0 Å². The molecule has 0 bridgehead atoms. The molecule has 0 fully saturated rings. The predicted molar refractivity (Wildman–Crippen MR) is 131 cm³/mol. The van der Waals surface area contributed by atoms with Gasteiger partial charge in [-0.2, -0.15) is 5.21 Å². The topological polar surface area (TPSA) is 108 Å². The molecule has 0 saturated carbocycles. The number of H-pyrrole nitrogens is 1. The maximum atomic E-state index is 12.5. The zero-order valence-electron chi connectivity index (χ0n) is 19.2. The van der Waals surface area contributed by atoms with Crippen LogP contribution in [-0.2, 0) is 4.74 Å². The van der Waals surface area contributed by atoms with Crippen LogP contribution in [0.4, 0.5) is 0 Å². The van der Waals surface area contributed by atoms with Crippen molar-refractivity contribution in [2.75, 3.05) is 13.7 Å². The molecule has 9 heteroatoms. The third kappa shape index (κ3) is 3.82. The second kappa shape index (κ2) is 9.22. The number of hydrogen-bond donors (Lipinski definition) is 1. The molecule has 0 atom stereocenters. The van der Waals surface area contributed by atoms with Crippen LogP contribution in [0.5, 0.6) is 5.75 Å². The molecule has 9 nitrogen and oxygen atoms in total. The zero-order valence-corrected chi connectivity index (χ0v) is 19.2. The van der Waals surface area contributed by atoms with Crippen molar-refractivity contribution in [1.82, 2.24) is 30.2 Å². The summed E-state index contributed by atoms with van der Waals surface area (Å²) < 4.78 is 13.1. The van der Waals surface area contributed by atoms with Crippen molar-refractivity contribution in [3.63, 3.8) is 0 Å². The number of hydrogen-bond acceptors (Lipinski definition) is 7. The van der Waals surface area contributed by atoms with E-state index in [1.54, 1.807) is 24.5 Å². The average Bonchev–Trinajstić information content (AvgIpc) is 3.58. The van der Waals surface area contributed by atoms with Crippen LogP contribution in [0, 0.1) is 6.92 Å². The number of aromatic nitrogens is 6. The summed E-state index contributed by atoms with van der Waals surface area (Å²) in [5.41, 5.74) is 6.05. The summed E-state index contributed by atoms with van der Waals surface area (Å²) in [6.45, 7) is 6.09. The van der Waals surface area contributed by atoms with Gasteiger partial charge in [0.25, 0.3) is 0 Å². The molecule has 2 aromatic heterocycles. The van der Waals surface area contributed by atoms with Gasteiger partial charge in [-0.15, -0.1) is 10.2 Å². The standard InChI is InChI=1S/C26H22N6O3/c1-4-14-35-24-16(2)22(32-15-27-21-11-7-10-20(23(21)32)26(33)34-3)13-12-18(24)17-8-5-6-9-19(17)25-28-30-31-29-25/h4-13,15H,1,14H2,2-3H3,(H,28,29,30,31). The summed E-state index contributed by atoms with van der Waals surface area (Å²) in [7, 11) is 1.37. The predicted octanol–water partition coefficient (Wildman–Crippen LogP) is 4.53. The van der Waals surface area contributed by atoms with E-state index in [0.717, 1.165) is 27.9 Å². The van der Waals surface area contributed by atoms with Crippen molar-refractivity contribution < 1.29 is 14.3 Å². The Kier molecular flexibility index (Phi) is 5.80. The third-order valence-electron chi connectivity index (χ3n) is 5.76. The van der Waals surface area contributed by atoms with E-state index in [9.17, 15) is 4.79 Å². The van der Waals surface area contributed by atoms with E-state index < -0.39 is 5.97 Å². The van der Waals surface area contributed by atoms with Crippen LogP contribution < -0.4 is 4.74 Å². The van der Waals surface area contributed by atoms with E-state index in [4.69, 9.17) is 9.47 Å². The fraction of sp³-hybridized carbons (Fsp3) is 0.115. The van der Waals surface area contributed by atoms with Crippen molar-refractivity contribution in [2.24, 2.45) is 0 Å². The number of nitrogens with zero attached hydrogens (tertiary/aromatic N) is 5. The molecule has 0 amide bonds. The van der Waals surface area contributed by atoms with Crippen molar-refractivity contribution in [1.29, 1.82) is 0 Å². The van der Waals surface area contributed by atoms with Crippen molar-refractivity contribution in [3.8, 4) is 34.0 Å². The highest BCUT2D eigenvalue weighted by atomic mass is 16.5.